The normalized spacial score (nSPS) is 22.1. The first-order chi connectivity index (χ1) is 17.7. The maximum absolute atomic E-state index is 14.4. The standard InChI is InChI=1S/C24H19Cl2F6N3O2S/c1-11-4-12(8-33-20(11)21(36)35(14-2-3-14)15-9-38-10-15)18-7-22(37-34-18,24(30,31)32)13-5-16(23(27,28)29)19(26)17(25)6-13/h4-6,8,14-15H,2-3,7,9-10H2,1H3. The van der Waals surface area contributed by atoms with Gasteiger partial charge in [-0.15, -0.1) is 0 Å². The SMILES string of the molecule is Cc1cc(C2=NOC(c3cc(Cl)c(Cl)c(C(F)(F)F)c3)(C(F)(F)F)C2)cnc1C(=O)N(C1CC1)C1CSC1. The van der Waals surface area contributed by atoms with Crippen molar-refractivity contribution in [3.05, 3.63) is 62.4 Å². The minimum absolute atomic E-state index is 0.133. The number of thioether (sulfide) groups is 1. The lowest BCUT2D eigenvalue weighted by Crippen LogP contribution is -2.49. The number of carbonyl (C=O) groups excluding carboxylic acids is 1. The lowest BCUT2D eigenvalue weighted by molar-refractivity contribution is -0.276. The van der Waals surface area contributed by atoms with Crippen LogP contribution < -0.4 is 0 Å². The molecule has 1 saturated heterocycles. The van der Waals surface area contributed by atoms with E-state index in [1.807, 2.05) is 4.90 Å². The molecule has 2 aliphatic heterocycles. The summed E-state index contributed by atoms with van der Waals surface area (Å²) in [5.41, 5.74) is -5.05. The molecule has 1 aromatic heterocycles. The Morgan fingerprint density at radius 2 is 1.79 bits per heavy atom. The molecule has 0 radical (unpaired) electrons. The summed E-state index contributed by atoms with van der Waals surface area (Å²) in [7, 11) is 0. The van der Waals surface area contributed by atoms with Gasteiger partial charge in [0.25, 0.3) is 11.5 Å². The van der Waals surface area contributed by atoms with E-state index >= 15 is 0 Å². The number of pyridine rings is 1. The molecule has 2 aromatic rings. The molecule has 38 heavy (non-hydrogen) atoms. The van der Waals surface area contributed by atoms with E-state index in [0.29, 0.717) is 11.6 Å². The smallest absolute Gasteiger partial charge is 0.374 e. The van der Waals surface area contributed by atoms with Gasteiger partial charge in [0.05, 0.1) is 33.8 Å². The number of oxime groups is 1. The number of rotatable bonds is 5. The molecule has 1 unspecified atom stereocenters. The minimum Gasteiger partial charge on any atom is -0.374 e. The average molecular weight is 598 g/mol. The van der Waals surface area contributed by atoms with Crippen molar-refractivity contribution in [1.82, 2.24) is 9.88 Å². The van der Waals surface area contributed by atoms with Crippen molar-refractivity contribution in [3.63, 3.8) is 0 Å². The van der Waals surface area contributed by atoms with Crippen LogP contribution >= 0.6 is 35.0 Å². The molecule has 1 saturated carbocycles. The van der Waals surface area contributed by atoms with Gasteiger partial charge < -0.3 is 9.74 Å². The fourth-order valence-electron chi connectivity index (χ4n) is 4.53. The van der Waals surface area contributed by atoms with Crippen molar-refractivity contribution in [2.75, 3.05) is 11.5 Å². The molecule has 1 aromatic carbocycles. The van der Waals surface area contributed by atoms with Crippen LogP contribution in [0.15, 0.2) is 29.6 Å². The van der Waals surface area contributed by atoms with Gasteiger partial charge in [-0.1, -0.05) is 28.4 Å². The van der Waals surface area contributed by atoms with E-state index in [9.17, 15) is 31.1 Å². The summed E-state index contributed by atoms with van der Waals surface area (Å²) in [5.74, 6) is 1.46. The third kappa shape index (κ3) is 4.72. The number of nitrogens with zero attached hydrogens (tertiary/aromatic N) is 3. The summed E-state index contributed by atoms with van der Waals surface area (Å²) in [5, 5.41) is 1.96. The number of hydrogen-bond donors (Lipinski definition) is 0. The quantitative estimate of drug-likeness (QED) is 0.348. The second kappa shape index (κ2) is 9.48. The number of carbonyl (C=O) groups is 1. The van der Waals surface area contributed by atoms with Gasteiger partial charge in [0.15, 0.2) is 0 Å². The summed E-state index contributed by atoms with van der Waals surface area (Å²) < 4.78 is 83.5. The summed E-state index contributed by atoms with van der Waals surface area (Å²) in [6.07, 6.45) is -8.09. The van der Waals surface area contributed by atoms with Gasteiger partial charge >= 0.3 is 12.4 Å². The zero-order valence-corrected chi connectivity index (χ0v) is 21.9. The van der Waals surface area contributed by atoms with Crippen molar-refractivity contribution in [2.45, 2.75) is 56.2 Å². The van der Waals surface area contributed by atoms with E-state index in [1.54, 1.807) is 18.7 Å². The maximum atomic E-state index is 14.4. The predicted molar refractivity (Wildman–Crippen MR) is 131 cm³/mol. The molecule has 5 nitrogen and oxygen atoms in total. The first-order valence-corrected chi connectivity index (χ1v) is 13.4. The van der Waals surface area contributed by atoms with Gasteiger partial charge in [0.2, 0.25) is 0 Å². The monoisotopic (exact) mass is 597 g/mol. The Bertz CT molecular complexity index is 1330. The highest BCUT2D eigenvalue weighted by atomic mass is 35.5. The third-order valence-corrected chi connectivity index (χ3v) is 8.83. The first kappa shape index (κ1) is 27.4. The van der Waals surface area contributed by atoms with Gasteiger partial charge in [0.1, 0.15) is 5.69 Å². The Morgan fingerprint density at radius 1 is 1.11 bits per heavy atom. The second-order valence-corrected chi connectivity index (χ2v) is 11.3. The van der Waals surface area contributed by atoms with Gasteiger partial charge in [-0.2, -0.15) is 38.1 Å². The predicted octanol–water partition coefficient (Wildman–Crippen LogP) is 7.02. The zero-order valence-electron chi connectivity index (χ0n) is 19.6. The van der Waals surface area contributed by atoms with Crippen molar-refractivity contribution < 1.29 is 36.0 Å². The van der Waals surface area contributed by atoms with Crippen LogP contribution in [0.25, 0.3) is 0 Å². The van der Waals surface area contributed by atoms with E-state index < -0.39 is 45.5 Å². The number of hydrogen-bond acceptors (Lipinski definition) is 5. The molecule has 1 amide bonds. The molecule has 0 N–H and O–H groups in total. The summed E-state index contributed by atoms with van der Waals surface area (Å²) >= 11 is 13.2. The van der Waals surface area contributed by atoms with Crippen LogP contribution in [0.1, 0.15) is 52.0 Å². The maximum Gasteiger partial charge on any atom is 0.435 e. The molecule has 1 aliphatic carbocycles. The van der Waals surface area contributed by atoms with Crippen LogP contribution in [0.4, 0.5) is 26.3 Å². The third-order valence-electron chi connectivity index (χ3n) is 6.79. The van der Waals surface area contributed by atoms with E-state index in [0.717, 1.165) is 24.3 Å². The topological polar surface area (TPSA) is 54.8 Å². The average Bonchev–Trinajstić information content (AvgIpc) is 3.51. The minimum atomic E-state index is -5.16. The van der Waals surface area contributed by atoms with Crippen molar-refractivity contribution >= 4 is 46.6 Å². The van der Waals surface area contributed by atoms with Gasteiger partial charge in [-0.3, -0.25) is 9.78 Å². The highest BCUT2D eigenvalue weighted by molar-refractivity contribution is 8.00. The molecule has 3 heterocycles. The number of amides is 1. The van der Waals surface area contributed by atoms with Crippen molar-refractivity contribution in [1.29, 1.82) is 0 Å². The first-order valence-electron chi connectivity index (χ1n) is 11.5. The van der Waals surface area contributed by atoms with Gasteiger partial charge in [-0.25, -0.2) is 0 Å². The van der Waals surface area contributed by atoms with Crippen LogP contribution in [0.3, 0.4) is 0 Å². The number of benzene rings is 1. The Morgan fingerprint density at radius 3 is 2.32 bits per heavy atom. The molecule has 3 aliphatic rings. The van der Waals surface area contributed by atoms with E-state index in [1.165, 1.54) is 12.3 Å². The van der Waals surface area contributed by atoms with E-state index in [4.69, 9.17) is 28.0 Å². The molecule has 0 spiro atoms. The number of alkyl halides is 6. The fraction of sp³-hybridized carbons (Fsp3) is 0.458. The fourth-order valence-corrected chi connectivity index (χ4v) is 5.74. The molecule has 14 heteroatoms. The van der Waals surface area contributed by atoms with Gasteiger partial charge in [-0.05, 0) is 43.5 Å². The van der Waals surface area contributed by atoms with E-state index in [2.05, 4.69) is 10.1 Å². The lowest BCUT2D eigenvalue weighted by Gasteiger charge is -2.37. The highest BCUT2D eigenvalue weighted by Crippen LogP contribution is 2.51. The van der Waals surface area contributed by atoms with Crippen LogP contribution in [0.2, 0.25) is 10.0 Å². The summed E-state index contributed by atoms with van der Waals surface area (Å²) in [4.78, 5) is 24.2. The Hall–Kier alpha value is -2.18. The van der Waals surface area contributed by atoms with Crippen LogP contribution in [-0.2, 0) is 16.6 Å². The molecule has 1 atom stereocenters. The van der Waals surface area contributed by atoms with Gasteiger partial charge in [0, 0.05) is 34.9 Å². The molecule has 204 valence electrons. The molecular formula is C24H19Cl2F6N3O2S. The van der Waals surface area contributed by atoms with Crippen LogP contribution in [0.5, 0.6) is 0 Å². The Labute approximate surface area is 227 Å². The molecule has 0 bridgehead atoms. The summed E-state index contributed by atoms with van der Waals surface area (Å²) in [6, 6.07) is 2.75. The molecular weight excluding hydrogens is 579 g/mol. The Kier molecular flexibility index (Phi) is 6.83. The van der Waals surface area contributed by atoms with Crippen LogP contribution in [0, 0.1) is 6.92 Å². The second-order valence-electron chi connectivity index (χ2n) is 9.47. The number of halogens is 8. The molecule has 2 fully saturated rings. The largest absolute Gasteiger partial charge is 0.435 e. The number of aryl methyl sites for hydroxylation is 1. The summed E-state index contributed by atoms with van der Waals surface area (Å²) in [6.45, 7) is 1.62. The van der Waals surface area contributed by atoms with Crippen molar-refractivity contribution in [2.24, 2.45) is 5.16 Å². The lowest BCUT2D eigenvalue weighted by atomic mass is 9.85. The van der Waals surface area contributed by atoms with E-state index in [-0.39, 0.29) is 41.0 Å². The Balaban J connectivity index is 1.46. The number of aromatic nitrogens is 1. The van der Waals surface area contributed by atoms with Crippen LogP contribution in [-0.4, -0.2) is 51.3 Å². The highest BCUT2D eigenvalue weighted by Gasteiger charge is 2.63. The molecule has 5 rings (SSSR count). The zero-order chi connectivity index (χ0) is 27.6. The van der Waals surface area contributed by atoms with Crippen molar-refractivity contribution in [3.8, 4) is 0 Å².